The molecule has 0 fully saturated rings. The van der Waals surface area contributed by atoms with E-state index in [4.69, 9.17) is 4.74 Å². The summed E-state index contributed by atoms with van der Waals surface area (Å²) >= 11 is 2.11. The number of aromatic amines is 2. The number of benzene rings is 2. The van der Waals surface area contributed by atoms with Crippen LogP contribution in [0.4, 0.5) is 0 Å². The normalized spacial score (nSPS) is 12.3. The van der Waals surface area contributed by atoms with Gasteiger partial charge in [0.15, 0.2) is 6.04 Å². The second-order valence-electron chi connectivity index (χ2n) is 7.19. The van der Waals surface area contributed by atoms with Crippen LogP contribution in [0.25, 0.3) is 16.6 Å². The van der Waals surface area contributed by atoms with Crippen LogP contribution in [-0.2, 0) is 16.0 Å². The van der Waals surface area contributed by atoms with E-state index in [1.165, 1.54) is 7.11 Å². The molecule has 0 aliphatic rings. The first kappa shape index (κ1) is 22.5. The van der Waals surface area contributed by atoms with Crippen LogP contribution in [0.2, 0.25) is 0 Å². The summed E-state index contributed by atoms with van der Waals surface area (Å²) < 4.78 is 6.78. The molecule has 2 heterocycles. The number of ether oxygens (including phenoxy) is 1. The van der Waals surface area contributed by atoms with Crippen LogP contribution in [0.5, 0.6) is 5.88 Å². The summed E-state index contributed by atoms with van der Waals surface area (Å²) in [6.45, 7) is 0. The second-order valence-corrected chi connectivity index (χ2v) is 8.43. The molecule has 0 bridgehead atoms. The van der Waals surface area contributed by atoms with E-state index in [9.17, 15) is 19.5 Å². The smallest absolute Gasteiger partial charge is 0.335 e. The molecule has 1 unspecified atom stereocenters. The fourth-order valence-electron chi connectivity index (χ4n) is 3.49. The number of nitrogens with zero attached hydrogens (tertiary/aromatic N) is 2. The molecular formula is C23H19IN4O5. The number of methoxy groups -OCH3 is 1. The van der Waals surface area contributed by atoms with Gasteiger partial charge in [0.2, 0.25) is 5.88 Å². The Balaban J connectivity index is 1.72. The van der Waals surface area contributed by atoms with Gasteiger partial charge in [-0.2, -0.15) is 0 Å². The van der Waals surface area contributed by atoms with Crippen LogP contribution in [0.15, 0.2) is 69.3 Å². The lowest BCUT2D eigenvalue weighted by atomic mass is 10.1. The molecule has 0 radical (unpaired) electrons. The number of nitrogens with one attached hydrogen (secondary N) is 2. The summed E-state index contributed by atoms with van der Waals surface area (Å²) in [7, 11) is 1.25. The highest BCUT2D eigenvalue weighted by atomic mass is 127. The fourth-order valence-corrected chi connectivity index (χ4v) is 3.85. The van der Waals surface area contributed by atoms with Crippen LogP contribution < -0.4 is 11.2 Å². The number of esters is 1. The average molecular weight is 558 g/mol. The number of carbonyl (C=O) groups is 1. The van der Waals surface area contributed by atoms with Gasteiger partial charge >= 0.3 is 11.7 Å². The fraction of sp³-hybridized carbons (Fsp3) is 0.130. The van der Waals surface area contributed by atoms with Crippen molar-refractivity contribution in [1.29, 1.82) is 0 Å². The lowest BCUT2D eigenvalue weighted by Gasteiger charge is -2.11. The van der Waals surface area contributed by atoms with Crippen molar-refractivity contribution in [3.05, 3.63) is 90.3 Å². The van der Waals surface area contributed by atoms with Gasteiger partial charge in [-0.3, -0.25) is 14.8 Å². The maximum atomic E-state index is 12.4. The molecule has 0 saturated heterocycles. The average Bonchev–Trinajstić information content (AvgIpc) is 3.21. The van der Waals surface area contributed by atoms with Crippen molar-refractivity contribution in [2.24, 2.45) is 4.99 Å². The highest BCUT2D eigenvalue weighted by molar-refractivity contribution is 14.1. The zero-order valence-electron chi connectivity index (χ0n) is 17.4. The van der Waals surface area contributed by atoms with Crippen molar-refractivity contribution >= 4 is 45.7 Å². The lowest BCUT2D eigenvalue weighted by molar-refractivity contribution is -0.142. The van der Waals surface area contributed by atoms with Crippen LogP contribution in [-0.4, -0.2) is 45.0 Å². The Morgan fingerprint density at radius 1 is 1.21 bits per heavy atom. The number of aromatic hydroxyl groups is 1. The van der Waals surface area contributed by atoms with Gasteiger partial charge in [0.25, 0.3) is 5.56 Å². The molecule has 168 valence electrons. The van der Waals surface area contributed by atoms with Crippen LogP contribution >= 0.6 is 22.6 Å². The molecule has 2 aromatic carbocycles. The summed E-state index contributed by atoms with van der Waals surface area (Å²) in [6, 6.07) is 13.5. The van der Waals surface area contributed by atoms with Gasteiger partial charge in [0.1, 0.15) is 5.56 Å². The van der Waals surface area contributed by atoms with Crippen molar-refractivity contribution in [1.82, 2.24) is 14.5 Å². The Labute approximate surface area is 200 Å². The van der Waals surface area contributed by atoms with Crippen molar-refractivity contribution in [2.75, 3.05) is 7.11 Å². The number of aliphatic imine (C=N–C) groups is 1. The van der Waals surface area contributed by atoms with E-state index >= 15 is 0 Å². The molecule has 2 aromatic heterocycles. The first-order valence-corrected chi connectivity index (χ1v) is 11.0. The Hall–Kier alpha value is -3.67. The summed E-state index contributed by atoms with van der Waals surface area (Å²) in [4.78, 5) is 46.7. The topological polar surface area (TPSA) is 130 Å². The number of H-pyrrole nitrogens is 2. The number of hydrogen-bond acceptors (Lipinski definition) is 6. The van der Waals surface area contributed by atoms with Crippen molar-refractivity contribution in [2.45, 2.75) is 12.5 Å². The third-order valence-corrected chi connectivity index (χ3v) is 5.87. The number of halogens is 1. The van der Waals surface area contributed by atoms with E-state index in [1.54, 1.807) is 30.5 Å². The van der Waals surface area contributed by atoms with E-state index in [2.05, 4.69) is 37.6 Å². The second kappa shape index (κ2) is 9.45. The van der Waals surface area contributed by atoms with E-state index < -0.39 is 29.1 Å². The van der Waals surface area contributed by atoms with Gasteiger partial charge in [-0.25, -0.2) is 14.2 Å². The third-order valence-electron chi connectivity index (χ3n) is 5.15. The lowest BCUT2D eigenvalue weighted by Crippen LogP contribution is -2.31. The van der Waals surface area contributed by atoms with Crippen LogP contribution in [0, 0.1) is 3.57 Å². The molecule has 0 aliphatic heterocycles. The van der Waals surface area contributed by atoms with Crippen LogP contribution in [0.1, 0.15) is 11.1 Å². The number of carbonyl (C=O) groups excluding carboxylic acids is 1. The number of hydrogen-bond donors (Lipinski definition) is 3. The summed E-state index contributed by atoms with van der Waals surface area (Å²) in [5.41, 5.74) is 0.268. The van der Waals surface area contributed by atoms with Crippen molar-refractivity contribution in [3.63, 3.8) is 0 Å². The predicted octanol–water partition coefficient (Wildman–Crippen LogP) is 2.52. The zero-order valence-corrected chi connectivity index (χ0v) is 19.6. The minimum atomic E-state index is -0.966. The minimum absolute atomic E-state index is 0.211. The van der Waals surface area contributed by atoms with E-state index in [0.717, 1.165) is 30.8 Å². The molecule has 4 rings (SSSR count). The molecule has 0 saturated carbocycles. The van der Waals surface area contributed by atoms with Gasteiger partial charge in [0.05, 0.1) is 12.8 Å². The molecule has 1 atom stereocenters. The van der Waals surface area contributed by atoms with Gasteiger partial charge in [-0.05, 0) is 58.5 Å². The predicted molar refractivity (Wildman–Crippen MR) is 132 cm³/mol. The largest absolute Gasteiger partial charge is 0.493 e. The minimum Gasteiger partial charge on any atom is -0.493 e. The maximum Gasteiger partial charge on any atom is 0.335 e. The molecule has 3 N–H and O–H groups in total. The SMILES string of the molecule is COC(=O)C(Cc1c[nH]c2ccccc12)N=Cc1c(O)n(-c2ccc(I)cc2)c(=O)[nH]c1=O. The number of aromatic nitrogens is 3. The number of fused-ring (bicyclic) bond motifs is 1. The molecular weight excluding hydrogens is 539 g/mol. The summed E-state index contributed by atoms with van der Waals surface area (Å²) in [6.07, 6.45) is 3.09. The maximum absolute atomic E-state index is 12.4. The van der Waals surface area contributed by atoms with Gasteiger partial charge in [0, 0.05) is 33.3 Å². The Kier molecular flexibility index (Phi) is 6.45. The number of para-hydroxylation sites is 1. The van der Waals surface area contributed by atoms with Crippen molar-refractivity contribution in [3.8, 4) is 11.6 Å². The first-order valence-electron chi connectivity index (χ1n) is 9.89. The monoisotopic (exact) mass is 558 g/mol. The molecule has 0 amide bonds. The summed E-state index contributed by atoms with van der Waals surface area (Å²) in [5.74, 6) is -1.18. The molecule has 0 aliphatic carbocycles. The van der Waals surface area contributed by atoms with Crippen molar-refractivity contribution < 1.29 is 14.6 Å². The standard InChI is InChI=1S/C23H19IN4O5/c1-33-22(31)19(10-13-11-25-18-5-3-2-4-16(13)18)26-12-17-20(29)27-23(32)28(21(17)30)15-8-6-14(24)7-9-15/h2-9,11-12,19,25,30H,10H2,1H3,(H,27,29,32). The molecule has 10 heteroatoms. The Bertz CT molecular complexity index is 1470. The molecule has 9 nitrogen and oxygen atoms in total. The molecule has 0 spiro atoms. The molecule has 33 heavy (non-hydrogen) atoms. The summed E-state index contributed by atoms with van der Waals surface area (Å²) in [5, 5.41) is 11.6. The van der Waals surface area contributed by atoms with E-state index in [1.807, 2.05) is 24.3 Å². The zero-order chi connectivity index (χ0) is 23.5. The quantitative estimate of drug-likeness (QED) is 0.190. The Morgan fingerprint density at radius 3 is 2.67 bits per heavy atom. The third kappa shape index (κ3) is 4.60. The number of rotatable bonds is 6. The first-order chi connectivity index (χ1) is 15.9. The molecule has 4 aromatic rings. The van der Waals surface area contributed by atoms with Crippen LogP contribution in [0.3, 0.4) is 0 Å². The van der Waals surface area contributed by atoms with E-state index in [-0.39, 0.29) is 12.0 Å². The highest BCUT2D eigenvalue weighted by Crippen LogP contribution is 2.21. The highest BCUT2D eigenvalue weighted by Gasteiger charge is 2.21. The Morgan fingerprint density at radius 2 is 1.94 bits per heavy atom. The van der Waals surface area contributed by atoms with Gasteiger partial charge in [-0.15, -0.1) is 0 Å². The van der Waals surface area contributed by atoms with Gasteiger partial charge < -0.3 is 14.8 Å². The van der Waals surface area contributed by atoms with E-state index in [0.29, 0.717) is 5.69 Å². The van der Waals surface area contributed by atoms with Gasteiger partial charge in [-0.1, -0.05) is 18.2 Å².